The largest absolute Gasteiger partial charge is 0.352 e. The number of hydrogen-bond acceptors (Lipinski definition) is 4. The molecule has 3 heterocycles. The summed E-state index contributed by atoms with van der Waals surface area (Å²) in [6, 6.07) is 9.01. The lowest BCUT2D eigenvalue weighted by atomic mass is 9.95. The lowest BCUT2D eigenvalue weighted by molar-refractivity contribution is -0.121. The maximum atomic E-state index is 12.6. The van der Waals surface area contributed by atoms with Gasteiger partial charge in [-0.3, -0.25) is 9.59 Å². The molecule has 1 fully saturated rings. The third-order valence-electron chi connectivity index (χ3n) is 4.34. The van der Waals surface area contributed by atoms with Crippen molar-refractivity contribution in [1.29, 1.82) is 0 Å². The van der Waals surface area contributed by atoms with E-state index in [1.807, 2.05) is 19.1 Å². The average molecular weight is 356 g/mol. The van der Waals surface area contributed by atoms with E-state index in [1.165, 1.54) is 0 Å². The second-order valence-corrected chi connectivity index (χ2v) is 6.54. The summed E-state index contributed by atoms with van der Waals surface area (Å²) in [5.74, 6) is 0.332. The number of nitrogens with zero attached hydrogens (tertiary/aromatic N) is 2. The van der Waals surface area contributed by atoms with Crippen molar-refractivity contribution in [3.63, 3.8) is 0 Å². The number of carbonyl (C=O) groups is 2. The highest BCUT2D eigenvalue weighted by Crippen LogP contribution is 2.21. The molecule has 0 saturated carbocycles. The third kappa shape index (κ3) is 4.11. The first-order valence-electron chi connectivity index (χ1n) is 8.26. The van der Waals surface area contributed by atoms with Crippen LogP contribution in [0.4, 0.5) is 5.82 Å². The van der Waals surface area contributed by atoms with E-state index in [4.69, 9.17) is 12.2 Å². The summed E-state index contributed by atoms with van der Waals surface area (Å²) in [6.45, 7) is 2.97. The lowest BCUT2D eigenvalue weighted by Crippen LogP contribution is -2.41. The Bertz CT molecular complexity index is 841. The zero-order valence-electron chi connectivity index (χ0n) is 14.0. The van der Waals surface area contributed by atoms with Crippen molar-refractivity contribution in [3.05, 3.63) is 52.4 Å². The Labute approximate surface area is 151 Å². The Kier molecular flexibility index (Phi) is 5.23. The van der Waals surface area contributed by atoms with Crippen molar-refractivity contribution in [1.82, 2.24) is 14.9 Å². The van der Waals surface area contributed by atoms with Gasteiger partial charge in [0, 0.05) is 30.9 Å². The van der Waals surface area contributed by atoms with Crippen molar-refractivity contribution in [2.24, 2.45) is 5.92 Å². The van der Waals surface area contributed by atoms with E-state index >= 15 is 0 Å². The number of hydrogen-bond donors (Lipinski definition) is 2. The van der Waals surface area contributed by atoms with E-state index in [2.05, 4.69) is 15.3 Å². The van der Waals surface area contributed by atoms with Crippen molar-refractivity contribution < 1.29 is 9.59 Å². The van der Waals surface area contributed by atoms with Crippen molar-refractivity contribution >= 4 is 29.9 Å². The fourth-order valence-electron chi connectivity index (χ4n) is 2.95. The first-order valence-corrected chi connectivity index (χ1v) is 8.67. The van der Waals surface area contributed by atoms with Crippen LogP contribution in [0.1, 0.15) is 28.9 Å². The number of nitrogens with one attached hydrogen (secondary N) is 2. The summed E-state index contributed by atoms with van der Waals surface area (Å²) < 4.78 is 0.442. The second kappa shape index (κ2) is 7.57. The molecule has 0 aliphatic carbocycles. The molecule has 7 heteroatoms. The summed E-state index contributed by atoms with van der Waals surface area (Å²) in [6.07, 6.45) is 2.97. The van der Waals surface area contributed by atoms with Crippen LogP contribution in [0.5, 0.6) is 0 Å². The summed E-state index contributed by atoms with van der Waals surface area (Å²) >= 11 is 5.17. The van der Waals surface area contributed by atoms with Crippen LogP contribution in [0.3, 0.4) is 0 Å². The quantitative estimate of drug-likeness (QED) is 0.829. The number of carbonyl (C=O) groups excluding carboxylic acids is 2. The molecule has 0 radical (unpaired) electrons. The molecule has 0 spiro atoms. The topological polar surface area (TPSA) is 78.1 Å². The number of aryl methyl sites for hydroxylation is 1. The molecule has 1 saturated heterocycles. The summed E-state index contributed by atoms with van der Waals surface area (Å²) in [7, 11) is 0. The number of anilines is 1. The van der Waals surface area contributed by atoms with Gasteiger partial charge in [-0.25, -0.2) is 4.98 Å². The molecule has 0 atom stereocenters. The Hall–Kier alpha value is -2.54. The molecule has 1 aliphatic heterocycles. The Balaban J connectivity index is 1.58. The van der Waals surface area contributed by atoms with E-state index in [0.29, 0.717) is 42.0 Å². The zero-order chi connectivity index (χ0) is 17.8. The van der Waals surface area contributed by atoms with Crippen LogP contribution >= 0.6 is 12.2 Å². The lowest BCUT2D eigenvalue weighted by Gasteiger charge is -2.31. The standard InChI is InChI=1S/C18H20N4O2S/c1-12-4-2-6-15(20-12)21-16(23)13-7-10-22(11-8-13)18(24)14-5-3-9-19-17(14)25/h2-6,9,13H,7-8,10-11H2,1H3,(H,19,25)(H,20,21,23). The smallest absolute Gasteiger partial charge is 0.256 e. The molecule has 6 nitrogen and oxygen atoms in total. The van der Waals surface area contributed by atoms with Gasteiger partial charge < -0.3 is 15.2 Å². The van der Waals surface area contributed by atoms with E-state index in [1.54, 1.807) is 29.3 Å². The maximum absolute atomic E-state index is 12.6. The monoisotopic (exact) mass is 356 g/mol. The predicted molar refractivity (Wildman–Crippen MR) is 97.9 cm³/mol. The molecule has 2 aromatic heterocycles. The molecule has 0 unspecified atom stereocenters. The number of amides is 2. The van der Waals surface area contributed by atoms with Gasteiger partial charge in [-0.15, -0.1) is 0 Å². The van der Waals surface area contributed by atoms with Crippen LogP contribution in [-0.2, 0) is 4.79 Å². The molecule has 2 aromatic rings. The predicted octanol–water partition coefficient (Wildman–Crippen LogP) is 2.94. The third-order valence-corrected chi connectivity index (χ3v) is 4.68. The SMILES string of the molecule is Cc1cccc(NC(=O)C2CCN(C(=O)c3ccc[nH]c3=S)CC2)n1. The summed E-state index contributed by atoms with van der Waals surface area (Å²) in [4.78, 5) is 33.9. The van der Waals surface area contributed by atoms with Gasteiger partial charge in [-0.05, 0) is 44.0 Å². The van der Waals surface area contributed by atoms with Crippen molar-refractivity contribution in [2.75, 3.05) is 18.4 Å². The number of likely N-dealkylation sites (tertiary alicyclic amines) is 1. The highest BCUT2D eigenvalue weighted by molar-refractivity contribution is 7.71. The fraction of sp³-hybridized carbons (Fsp3) is 0.333. The Morgan fingerprint density at radius 3 is 2.68 bits per heavy atom. The number of aromatic amines is 1. The molecular formula is C18H20N4O2S. The molecule has 1 aliphatic rings. The molecule has 0 aromatic carbocycles. The molecule has 0 bridgehead atoms. The minimum atomic E-state index is -0.114. The number of H-pyrrole nitrogens is 1. The van der Waals surface area contributed by atoms with E-state index in [0.717, 1.165) is 5.69 Å². The molecule has 25 heavy (non-hydrogen) atoms. The number of aromatic nitrogens is 2. The van der Waals surface area contributed by atoms with Crippen LogP contribution in [0, 0.1) is 17.5 Å². The molecule has 3 rings (SSSR count). The van der Waals surface area contributed by atoms with Gasteiger partial charge in [-0.1, -0.05) is 18.3 Å². The molecule has 130 valence electrons. The van der Waals surface area contributed by atoms with Crippen LogP contribution in [-0.4, -0.2) is 39.8 Å². The number of rotatable bonds is 3. The zero-order valence-corrected chi connectivity index (χ0v) is 14.8. The number of piperidine rings is 1. The van der Waals surface area contributed by atoms with Gasteiger partial charge >= 0.3 is 0 Å². The van der Waals surface area contributed by atoms with E-state index in [9.17, 15) is 9.59 Å². The number of pyridine rings is 2. The second-order valence-electron chi connectivity index (χ2n) is 6.13. The van der Waals surface area contributed by atoms with Crippen molar-refractivity contribution in [3.8, 4) is 0 Å². The Morgan fingerprint density at radius 1 is 1.24 bits per heavy atom. The molecular weight excluding hydrogens is 336 g/mol. The van der Waals surface area contributed by atoms with Gasteiger partial charge in [0.2, 0.25) is 5.91 Å². The Morgan fingerprint density at radius 2 is 2.00 bits per heavy atom. The van der Waals surface area contributed by atoms with E-state index < -0.39 is 0 Å². The fourth-order valence-corrected chi connectivity index (χ4v) is 3.17. The molecule has 2 N–H and O–H groups in total. The normalized spacial score (nSPS) is 15.0. The van der Waals surface area contributed by atoms with Gasteiger partial charge in [0.05, 0.1) is 5.56 Å². The van der Waals surface area contributed by atoms with Crippen LogP contribution in [0.2, 0.25) is 0 Å². The highest BCUT2D eigenvalue weighted by Gasteiger charge is 2.28. The summed E-state index contributed by atoms with van der Waals surface area (Å²) in [5.41, 5.74) is 1.36. The minimum Gasteiger partial charge on any atom is -0.352 e. The van der Waals surface area contributed by atoms with E-state index in [-0.39, 0.29) is 17.7 Å². The van der Waals surface area contributed by atoms with Gasteiger partial charge in [0.25, 0.3) is 5.91 Å². The molecule has 2 amide bonds. The van der Waals surface area contributed by atoms with Gasteiger partial charge in [0.1, 0.15) is 10.5 Å². The first kappa shape index (κ1) is 17.3. The average Bonchev–Trinajstić information content (AvgIpc) is 2.62. The van der Waals surface area contributed by atoms with Crippen LogP contribution in [0.15, 0.2) is 36.5 Å². The summed E-state index contributed by atoms with van der Waals surface area (Å²) in [5, 5.41) is 2.86. The highest BCUT2D eigenvalue weighted by atomic mass is 32.1. The van der Waals surface area contributed by atoms with Crippen molar-refractivity contribution in [2.45, 2.75) is 19.8 Å². The maximum Gasteiger partial charge on any atom is 0.256 e. The first-order chi connectivity index (χ1) is 12.0. The van der Waals surface area contributed by atoms with Crippen LogP contribution < -0.4 is 5.32 Å². The van der Waals surface area contributed by atoms with Crippen LogP contribution in [0.25, 0.3) is 0 Å². The van der Waals surface area contributed by atoms with Gasteiger partial charge in [0.15, 0.2) is 0 Å². The minimum absolute atomic E-state index is 0.0396. The van der Waals surface area contributed by atoms with Gasteiger partial charge in [-0.2, -0.15) is 0 Å².